The number of anilines is 4. The first-order valence-electron chi connectivity index (χ1n) is 10.0. The van der Waals surface area contributed by atoms with Crippen molar-refractivity contribution in [3.05, 3.63) is 96.8 Å². The Morgan fingerprint density at radius 1 is 0.719 bits per heavy atom. The average molecular weight is 423 g/mol. The largest absolute Gasteiger partial charge is 0.340 e. The van der Waals surface area contributed by atoms with Crippen molar-refractivity contribution in [3.8, 4) is 11.3 Å². The molecule has 0 radical (unpaired) electrons. The highest BCUT2D eigenvalue weighted by Gasteiger charge is 2.08. The molecule has 0 spiro atoms. The van der Waals surface area contributed by atoms with Crippen LogP contribution in [0.3, 0.4) is 0 Å². The van der Waals surface area contributed by atoms with Crippen molar-refractivity contribution in [2.75, 3.05) is 16.0 Å². The van der Waals surface area contributed by atoms with Crippen molar-refractivity contribution >= 4 is 34.7 Å². The minimum Gasteiger partial charge on any atom is -0.340 e. The number of hydrogen-bond acceptors (Lipinski definition) is 5. The van der Waals surface area contributed by atoms with Crippen LogP contribution in [-0.2, 0) is 4.79 Å². The van der Waals surface area contributed by atoms with Gasteiger partial charge >= 0.3 is 0 Å². The maximum atomic E-state index is 12.5. The number of aromatic nitrogens is 2. The Morgan fingerprint density at radius 3 is 2.22 bits per heavy atom. The molecule has 1 heterocycles. The summed E-state index contributed by atoms with van der Waals surface area (Å²) in [6.07, 6.45) is 1.52. The first-order valence-corrected chi connectivity index (χ1v) is 10.0. The fourth-order valence-corrected chi connectivity index (χ4v) is 3.12. The van der Waals surface area contributed by atoms with Crippen LogP contribution in [0.15, 0.2) is 91.3 Å². The number of nitrogens with one attached hydrogen (secondary N) is 3. The minimum absolute atomic E-state index is 0.190. The Morgan fingerprint density at radius 2 is 1.47 bits per heavy atom. The lowest BCUT2D eigenvalue weighted by atomic mass is 10.1. The predicted molar refractivity (Wildman–Crippen MR) is 126 cm³/mol. The number of carbonyl (C=O) groups is 2. The fraction of sp³-hybridized carbons (Fsp3) is 0.0400. The van der Waals surface area contributed by atoms with E-state index in [4.69, 9.17) is 0 Å². The smallest absolute Gasteiger partial charge is 0.255 e. The molecular formula is C25H21N5O2. The number of hydrogen-bond donors (Lipinski definition) is 3. The number of amides is 2. The van der Waals surface area contributed by atoms with E-state index in [0.29, 0.717) is 22.8 Å². The van der Waals surface area contributed by atoms with Gasteiger partial charge in [-0.05, 0) is 42.5 Å². The summed E-state index contributed by atoms with van der Waals surface area (Å²) >= 11 is 0. The molecular weight excluding hydrogens is 402 g/mol. The third-order valence-electron chi connectivity index (χ3n) is 4.60. The molecule has 1 aromatic heterocycles. The summed E-state index contributed by atoms with van der Waals surface area (Å²) in [6.45, 7) is 1.42. The van der Waals surface area contributed by atoms with Gasteiger partial charge in [-0.3, -0.25) is 9.59 Å². The molecule has 32 heavy (non-hydrogen) atoms. The zero-order chi connectivity index (χ0) is 22.3. The van der Waals surface area contributed by atoms with Gasteiger partial charge in [0.25, 0.3) is 5.91 Å². The maximum Gasteiger partial charge on any atom is 0.255 e. The Labute approximate surface area is 185 Å². The monoisotopic (exact) mass is 423 g/mol. The minimum atomic E-state index is -0.263. The van der Waals surface area contributed by atoms with Crippen LogP contribution in [-0.4, -0.2) is 21.8 Å². The van der Waals surface area contributed by atoms with Crippen LogP contribution in [0.4, 0.5) is 22.9 Å². The van der Waals surface area contributed by atoms with Gasteiger partial charge in [0, 0.05) is 41.2 Å². The van der Waals surface area contributed by atoms with Crippen molar-refractivity contribution in [1.82, 2.24) is 9.97 Å². The van der Waals surface area contributed by atoms with Crippen LogP contribution in [0.1, 0.15) is 17.3 Å². The molecule has 4 aromatic rings. The van der Waals surface area contributed by atoms with E-state index in [9.17, 15) is 9.59 Å². The zero-order valence-electron chi connectivity index (χ0n) is 17.4. The predicted octanol–water partition coefficient (Wildman–Crippen LogP) is 5.10. The van der Waals surface area contributed by atoms with Gasteiger partial charge in [-0.15, -0.1) is 0 Å². The third kappa shape index (κ3) is 5.34. The molecule has 0 atom stereocenters. The molecule has 2 amide bonds. The molecule has 3 N–H and O–H groups in total. The van der Waals surface area contributed by atoms with Crippen molar-refractivity contribution in [3.63, 3.8) is 0 Å². The Hall–Kier alpha value is -4.52. The molecule has 0 unspecified atom stereocenters. The van der Waals surface area contributed by atoms with Crippen LogP contribution in [0.5, 0.6) is 0 Å². The molecule has 0 aliphatic heterocycles. The summed E-state index contributed by atoms with van der Waals surface area (Å²) in [7, 11) is 0. The van der Waals surface area contributed by atoms with Crippen LogP contribution in [0, 0.1) is 0 Å². The van der Waals surface area contributed by atoms with Gasteiger partial charge in [0.2, 0.25) is 5.91 Å². The Balaban J connectivity index is 1.42. The number of carbonyl (C=O) groups excluding carboxylic acids is 2. The Kier molecular flexibility index (Phi) is 6.17. The lowest BCUT2D eigenvalue weighted by Gasteiger charge is -2.10. The topological polar surface area (TPSA) is 96.0 Å². The zero-order valence-corrected chi connectivity index (χ0v) is 17.4. The molecule has 158 valence electrons. The third-order valence-corrected chi connectivity index (χ3v) is 4.60. The van der Waals surface area contributed by atoms with Crippen LogP contribution in [0.2, 0.25) is 0 Å². The van der Waals surface area contributed by atoms with Crippen LogP contribution in [0.25, 0.3) is 11.3 Å². The summed E-state index contributed by atoms with van der Waals surface area (Å²) in [5.74, 6) is 0.219. The maximum absolute atomic E-state index is 12.5. The van der Waals surface area contributed by atoms with E-state index < -0.39 is 0 Å². The number of benzene rings is 3. The van der Waals surface area contributed by atoms with E-state index >= 15 is 0 Å². The summed E-state index contributed by atoms with van der Waals surface area (Å²) in [5.41, 5.74) is 4.34. The van der Waals surface area contributed by atoms with Gasteiger partial charge in [0.1, 0.15) is 12.1 Å². The molecule has 0 aliphatic rings. The molecule has 0 fully saturated rings. The second-order valence-electron chi connectivity index (χ2n) is 7.07. The second-order valence-corrected chi connectivity index (χ2v) is 7.07. The molecule has 7 heteroatoms. The molecule has 7 nitrogen and oxygen atoms in total. The average Bonchev–Trinajstić information content (AvgIpc) is 2.81. The molecule has 3 aromatic carbocycles. The summed E-state index contributed by atoms with van der Waals surface area (Å²) < 4.78 is 0. The normalized spacial score (nSPS) is 10.3. The van der Waals surface area contributed by atoms with Crippen LogP contribution >= 0.6 is 0 Å². The first-order chi connectivity index (χ1) is 15.6. The van der Waals surface area contributed by atoms with E-state index in [1.54, 1.807) is 36.4 Å². The van der Waals surface area contributed by atoms with Gasteiger partial charge in [-0.25, -0.2) is 9.97 Å². The summed E-state index contributed by atoms with van der Waals surface area (Å²) in [6, 6.07) is 25.9. The number of rotatable bonds is 6. The quantitative estimate of drug-likeness (QED) is 0.401. The lowest BCUT2D eigenvalue weighted by molar-refractivity contribution is -0.114. The number of nitrogens with zero attached hydrogens (tertiary/aromatic N) is 2. The van der Waals surface area contributed by atoms with E-state index in [1.807, 2.05) is 48.5 Å². The Bertz CT molecular complexity index is 1240. The SMILES string of the molecule is CC(=O)Nc1cccc(C(=O)Nc2ccc(Nc3cc(-c4ccccc4)ncn3)cc2)c1. The highest BCUT2D eigenvalue weighted by Crippen LogP contribution is 2.22. The van der Waals surface area contributed by atoms with Gasteiger partial charge in [0.15, 0.2) is 0 Å². The standard InChI is InChI=1S/C25H21N5O2/c1-17(31)28-22-9-5-8-19(14-22)25(32)30-21-12-10-20(11-13-21)29-24-15-23(26-16-27-24)18-6-3-2-4-7-18/h2-16H,1H3,(H,28,31)(H,30,32)(H,26,27,29). The van der Waals surface area contributed by atoms with Crippen LogP contribution < -0.4 is 16.0 Å². The van der Waals surface area contributed by atoms with Gasteiger partial charge in [0.05, 0.1) is 5.69 Å². The van der Waals surface area contributed by atoms with Crippen molar-refractivity contribution in [2.45, 2.75) is 6.92 Å². The van der Waals surface area contributed by atoms with Gasteiger partial charge in [-0.2, -0.15) is 0 Å². The van der Waals surface area contributed by atoms with Gasteiger partial charge < -0.3 is 16.0 Å². The first kappa shape index (κ1) is 20.7. The molecule has 0 aliphatic carbocycles. The molecule has 0 saturated carbocycles. The van der Waals surface area contributed by atoms with Crippen molar-refractivity contribution in [2.24, 2.45) is 0 Å². The second kappa shape index (κ2) is 9.53. The summed E-state index contributed by atoms with van der Waals surface area (Å²) in [5, 5.41) is 8.77. The van der Waals surface area contributed by atoms with Crippen molar-refractivity contribution in [1.29, 1.82) is 0 Å². The lowest BCUT2D eigenvalue weighted by Crippen LogP contribution is -2.13. The summed E-state index contributed by atoms with van der Waals surface area (Å²) in [4.78, 5) is 32.4. The van der Waals surface area contributed by atoms with E-state index in [1.165, 1.54) is 13.3 Å². The fourth-order valence-electron chi connectivity index (χ4n) is 3.12. The molecule has 0 bridgehead atoms. The molecule has 0 saturated heterocycles. The highest BCUT2D eigenvalue weighted by molar-refractivity contribution is 6.05. The highest BCUT2D eigenvalue weighted by atomic mass is 16.2. The molecule has 4 rings (SSSR count). The van der Waals surface area contributed by atoms with E-state index in [0.717, 1.165) is 16.9 Å². The van der Waals surface area contributed by atoms with E-state index in [-0.39, 0.29) is 11.8 Å². The van der Waals surface area contributed by atoms with Gasteiger partial charge in [-0.1, -0.05) is 36.4 Å². The van der Waals surface area contributed by atoms with Crippen molar-refractivity contribution < 1.29 is 9.59 Å². The van der Waals surface area contributed by atoms with E-state index in [2.05, 4.69) is 25.9 Å².